The SMILES string of the molecule is COc1ccc(C(=O)N2CCN(c3nc(NC4=CC(C(C)(C)C)CC=C4C)c4c(ncn4C)n3)CC2)cc1. The van der Waals surface area contributed by atoms with E-state index in [2.05, 4.69) is 55.0 Å². The molecular weight excluding hydrogens is 478 g/mol. The molecule has 0 radical (unpaired) electrons. The van der Waals surface area contributed by atoms with Gasteiger partial charge in [0.05, 0.1) is 13.4 Å². The summed E-state index contributed by atoms with van der Waals surface area (Å²) in [5.74, 6) is 2.57. The molecule has 200 valence electrons. The second-order valence-electron chi connectivity index (χ2n) is 11.2. The van der Waals surface area contributed by atoms with Crippen LogP contribution in [0.1, 0.15) is 44.5 Å². The highest BCUT2D eigenvalue weighted by molar-refractivity contribution is 5.94. The maximum Gasteiger partial charge on any atom is 0.253 e. The van der Waals surface area contributed by atoms with Crippen molar-refractivity contribution in [1.82, 2.24) is 24.4 Å². The van der Waals surface area contributed by atoms with Crippen LogP contribution in [0.25, 0.3) is 11.2 Å². The highest BCUT2D eigenvalue weighted by atomic mass is 16.5. The van der Waals surface area contributed by atoms with Gasteiger partial charge in [0.15, 0.2) is 11.5 Å². The Bertz CT molecular complexity index is 1390. The van der Waals surface area contributed by atoms with E-state index in [4.69, 9.17) is 14.7 Å². The van der Waals surface area contributed by atoms with Gasteiger partial charge in [0.25, 0.3) is 5.91 Å². The molecule has 1 saturated heterocycles. The molecule has 1 atom stereocenters. The first kappa shape index (κ1) is 25.8. The molecule has 1 unspecified atom stereocenters. The minimum absolute atomic E-state index is 0.0238. The van der Waals surface area contributed by atoms with Crippen LogP contribution >= 0.6 is 0 Å². The van der Waals surface area contributed by atoms with Crippen molar-refractivity contribution < 1.29 is 9.53 Å². The number of aromatic nitrogens is 4. The molecule has 1 N–H and O–H groups in total. The summed E-state index contributed by atoms with van der Waals surface area (Å²) >= 11 is 0. The number of anilines is 2. The molecule has 0 spiro atoms. The molecule has 0 bridgehead atoms. The summed E-state index contributed by atoms with van der Waals surface area (Å²) in [4.78, 5) is 31.3. The lowest BCUT2D eigenvalue weighted by Crippen LogP contribution is -2.49. The number of hydrogen-bond acceptors (Lipinski definition) is 7. The van der Waals surface area contributed by atoms with Crippen LogP contribution in [0, 0.1) is 11.3 Å². The number of fused-ring (bicyclic) bond motifs is 1. The minimum Gasteiger partial charge on any atom is -0.497 e. The fourth-order valence-corrected chi connectivity index (χ4v) is 4.99. The Morgan fingerprint density at radius 1 is 1.08 bits per heavy atom. The van der Waals surface area contributed by atoms with Gasteiger partial charge in [-0.2, -0.15) is 9.97 Å². The molecular formula is C29H37N7O2. The normalized spacial score (nSPS) is 18.3. The summed E-state index contributed by atoms with van der Waals surface area (Å²) in [5.41, 5.74) is 4.65. The van der Waals surface area contributed by atoms with Crippen LogP contribution in [0.5, 0.6) is 5.75 Å². The van der Waals surface area contributed by atoms with Crippen LogP contribution in [0.4, 0.5) is 11.8 Å². The van der Waals surface area contributed by atoms with Gasteiger partial charge in [-0.05, 0) is 54.5 Å². The number of aryl methyl sites for hydroxylation is 1. The summed E-state index contributed by atoms with van der Waals surface area (Å²) in [6, 6.07) is 7.25. The van der Waals surface area contributed by atoms with Gasteiger partial charge >= 0.3 is 0 Å². The summed E-state index contributed by atoms with van der Waals surface area (Å²) < 4.78 is 7.16. The van der Waals surface area contributed by atoms with Crippen LogP contribution < -0.4 is 15.0 Å². The summed E-state index contributed by atoms with van der Waals surface area (Å²) in [5, 5.41) is 3.62. The number of piperazine rings is 1. The van der Waals surface area contributed by atoms with Gasteiger partial charge in [-0.15, -0.1) is 0 Å². The summed E-state index contributed by atoms with van der Waals surface area (Å²) in [6.45, 7) is 11.5. The molecule has 1 aliphatic heterocycles. The van der Waals surface area contributed by atoms with E-state index in [1.54, 1.807) is 13.4 Å². The van der Waals surface area contributed by atoms with Crippen molar-refractivity contribution in [2.45, 2.75) is 34.1 Å². The number of imidazole rings is 1. The average Bonchev–Trinajstić information content (AvgIpc) is 3.29. The zero-order valence-corrected chi connectivity index (χ0v) is 23.2. The third kappa shape index (κ3) is 5.10. The van der Waals surface area contributed by atoms with Crippen molar-refractivity contribution in [2.24, 2.45) is 18.4 Å². The number of nitrogens with zero attached hydrogens (tertiary/aromatic N) is 6. The van der Waals surface area contributed by atoms with E-state index in [1.807, 2.05) is 40.8 Å². The molecule has 1 aromatic carbocycles. The van der Waals surface area contributed by atoms with Gasteiger partial charge in [0, 0.05) is 44.5 Å². The number of rotatable bonds is 5. The molecule has 0 saturated carbocycles. The monoisotopic (exact) mass is 515 g/mol. The average molecular weight is 516 g/mol. The lowest BCUT2D eigenvalue weighted by molar-refractivity contribution is 0.0746. The van der Waals surface area contributed by atoms with Crippen LogP contribution in [-0.2, 0) is 7.05 Å². The first-order valence-electron chi connectivity index (χ1n) is 13.2. The Kier molecular flexibility index (Phi) is 6.86. The highest BCUT2D eigenvalue weighted by Crippen LogP contribution is 2.36. The molecule has 2 aromatic heterocycles. The maximum atomic E-state index is 13.0. The number of carbonyl (C=O) groups is 1. The smallest absolute Gasteiger partial charge is 0.253 e. The maximum absolute atomic E-state index is 13.0. The molecule has 9 heteroatoms. The fourth-order valence-electron chi connectivity index (χ4n) is 4.99. The van der Waals surface area contributed by atoms with E-state index < -0.39 is 0 Å². The van der Waals surface area contributed by atoms with E-state index in [0.717, 1.165) is 29.2 Å². The minimum atomic E-state index is 0.0238. The highest BCUT2D eigenvalue weighted by Gasteiger charge is 2.27. The van der Waals surface area contributed by atoms with Crippen molar-refractivity contribution >= 4 is 28.8 Å². The van der Waals surface area contributed by atoms with E-state index in [-0.39, 0.29) is 11.3 Å². The van der Waals surface area contributed by atoms with Crippen LogP contribution in [0.2, 0.25) is 0 Å². The van der Waals surface area contributed by atoms with E-state index in [9.17, 15) is 4.79 Å². The first-order valence-corrected chi connectivity index (χ1v) is 13.2. The lowest BCUT2D eigenvalue weighted by atomic mass is 9.76. The molecule has 2 aliphatic rings. The number of ether oxygens (including phenoxy) is 1. The molecule has 1 fully saturated rings. The van der Waals surface area contributed by atoms with E-state index >= 15 is 0 Å². The third-order valence-electron chi connectivity index (χ3n) is 7.58. The van der Waals surface area contributed by atoms with Gasteiger partial charge in [-0.25, -0.2) is 4.98 Å². The summed E-state index contributed by atoms with van der Waals surface area (Å²) in [7, 11) is 3.58. The molecule has 3 aromatic rings. The fraction of sp³-hybridized carbons (Fsp3) is 0.448. The Morgan fingerprint density at radius 3 is 2.45 bits per heavy atom. The number of amides is 1. The van der Waals surface area contributed by atoms with Gasteiger partial charge < -0.3 is 24.4 Å². The molecule has 1 amide bonds. The third-order valence-corrected chi connectivity index (χ3v) is 7.58. The standard InChI is InChI=1S/C29H37N7O2/c1-19-7-10-21(29(2,3)4)17-23(19)31-26-24-25(30-18-34(24)5)32-28(33-26)36-15-13-35(14-16-36)27(37)20-8-11-22(38-6)12-9-20/h7-9,11-12,17-18,21H,10,13-16H2,1-6H3,(H,31,32,33). The van der Waals surface area contributed by atoms with Crippen LogP contribution in [-0.4, -0.2) is 63.6 Å². The van der Waals surface area contributed by atoms with Crippen molar-refractivity contribution in [3.05, 3.63) is 59.6 Å². The number of nitrogens with one attached hydrogen (secondary N) is 1. The molecule has 9 nitrogen and oxygen atoms in total. The Labute approximate surface area is 224 Å². The Hall–Kier alpha value is -3.88. The van der Waals surface area contributed by atoms with E-state index in [1.165, 1.54) is 5.57 Å². The second-order valence-corrected chi connectivity index (χ2v) is 11.2. The lowest BCUT2D eigenvalue weighted by Gasteiger charge is -2.35. The largest absolute Gasteiger partial charge is 0.497 e. The van der Waals surface area contributed by atoms with Gasteiger partial charge in [0.1, 0.15) is 11.3 Å². The zero-order chi connectivity index (χ0) is 27.0. The quantitative estimate of drug-likeness (QED) is 0.529. The summed E-state index contributed by atoms with van der Waals surface area (Å²) in [6.07, 6.45) is 7.45. The first-order chi connectivity index (χ1) is 18.1. The Morgan fingerprint density at radius 2 is 1.79 bits per heavy atom. The van der Waals surface area contributed by atoms with Crippen molar-refractivity contribution in [3.8, 4) is 5.75 Å². The topological polar surface area (TPSA) is 88.4 Å². The van der Waals surface area contributed by atoms with Crippen molar-refractivity contribution in [2.75, 3.05) is 43.5 Å². The van der Waals surface area contributed by atoms with Gasteiger partial charge in [-0.3, -0.25) is 4.79 Å². The van der Waals surface area contributed by atoms with Crippen molar-refractivity contribution in [1.29, 1.82) is 0 Å². The number of benzene rings is 1. The molecule has 38 heavy (non-hydrogen) atoms. The Balaban J connectivity index is 1.36. The van der Waals surface area contributed by atoms with Crippen LogP contribution in [0.15, 0.2) is 54.0 Å². The zero-order valence-electron chi connectivity index (χ0n) is 23.2. The number of hydrogen-bond donors (Lipinski definition) is 1. The predicted molar refractivity (Wildman–Crippen MR) is 150 cm³/mol. The van der Waals surface area contributed by atoms with Crippen LogP contribution in [0.3, 0.4) is 0 Å². The second kappa shape index (κ2) is 10.1. The molecule has 1 aliphatic carbocycles. The molecule has 3 heterocycles. The number of methoxy groups -OCH3 is 1. The van der Waals surface area contributed by atoms with Gasteiger partial charge in [0.2, 0.25) is 5.95 Å². The number of carbonyl (C=O) groups excluding carboxylic acids is 1. The predicted octanol–water partition coefficient (Wildman–Crippen LogP) is 4.64. The molecule has 5 rings (SSSR count). The van der Waals surface area contributed by atoms with Gasteiger partial charge in [-0.1, -0.05) is 32.9 Å². The van der Waals surface area contributed by atoms with E-state index in [0.29, 0.717) is 49.3 Å². The number of allylic oxidation sites excluding steroid dienone is 3. The van der Waals surface area contributed by atoms with Crippen molar-refractivity contribution in [3.63, 3.8) is 0 Å².